The Kier molecular flexibility index (Phi) is 6.81. The summed E-state index contributed by atoms with van der Waals surface area (Å²) >= 11 is 0. The van der Waals surface area contributed by atoms with E-state index >= 15 is 0 Å². The maximum Gasteiger partial charge on any atom is 0.243 e. The molecule has 8 heteroatoms. The number of carbonyl (C=O) groups is 1. The van der Waals surface area contributed by atoms with Crippen LogP contribution in [0.1, 0.15) is 31.2 Å². The Labute approximate surface area is 189 Å². The van der Waals surface area contributed by atoms with E-state index in [9.17, 15) is 13.2 Å². The number of nitrogens with one attached hydrogen (secondary N) is 1. The van der Waals surface area contributed by atoms with Crippen LogP contribution in [-0.4, -0.2) is 43.4 Å². The number of methoxy groups -OCH3 is 1. The molecule has 0 aliphatic carbocycles. The van der Waals surface area contributed by atoms with Crippen LogP contribution in [0.3, 0.4) is 0 Å². The number of carbonyl (C=O) groups excluding carboxylic acids is 1. The highest BCUT2D eigenvalue weighted by molar-refractivity contribution is 7.89. The third kappa shape index (κ3) is 4.97. The minimum atomic E-state index is -3.50. The molecule has 1 aliphatic rings. The van der Waals surface area contributed by atoms with Gasteiger partial charge in [-0.3, -0.25) is 4.79 Å². The smallest absolute Gasteiger partial charge is 0.243 e. The lowest BCUT2D eigenvalue weighted by molar-refractivity contribution is -0.121. The zero-order valence-electron chi connectivity index (χ0n) is 18.3. The molecule has 32 heavy (non-hydrogen) atoms. The molecular formula is C24H29N3O4S. The van der Waals surface area contributed by atoms with Crippen LogP contribution in [0.4, 0.5) is 0 Å². The molecule has 3 aromatic rings. The number of nitrogens with zero attached hydrogens (tertiary/aromatic N) is 2. The molecule has 170 valence electrons. The van der Waals surface area contributed by atoms with Crippen LogP contribution >= 0.6 is 0 Å². The van der Waals surface area contributed by atoms with E-state index < -0.39 is 10.0 Å². The van der Waals surface area contributed by atoms with Crippen LogP contribution in [0.25, 0.3) is 10.9 Å². The van der Waals surface area contributed by atoms with Gasteiger partial charge in [0.1, 0.15) is 12.3 Å². The van der Waals surface area contributed by atoms with Crippen molar-refractivity contribution in [2.75, 3.05) is 20.2 Å². The van der Waals surface area contributed by atoms with Crippen molar-refractivity contribution >= 4 is 26.8 Å². The molecule has 1 N–H and O–H groups in total. The van der Waals surface area contributed by atoms with Gasteiger partial charge in [-0.1, -0.05) is 25.0 Å². The lowest BCUT2D eigenvalue weighted by atomic mass is 10.2. The van der Waals surface area contributed by atoms with Gasteiger partial charge in [0.25, 0.3) is 0 Å². The Bertz CT molecular complexity index is 1180. The highest BCUT2D eigenvalue weighted by Crippen LogP contribution is 2.25. The van der Waals surface area contributed by atoms with Gasteiger partial charge >= 0.3 is 0 Å². The average molecular weight is 456 g/mol. The van der Waals surface area contributed by atoms with E-state index in [1.807, 2.05) is 41.1 Å². The molecule has 7 nitrogen and oxygen atoms in total. The first-order valence-electron chi connectivity index (χ1n) is 11.0. The summed E-state index contributed by atoms with van der Waals surface area (Å²) in [4.78, 5) is 12.8. The van der Waals surface area contributed by atoms with E-state index in [0.29, 0.717) is 24.5 Å². The fourth-order valence-electron chi connectivity index (χ4n) is 4.06. The molecule has 0 unspecified atom stereocenters. The predicted octanol–water partition coefficient (Wildman–Crippen LogP) is 3.53. The van der Waals surface area contributed by atoms with Crippen LogP contribution in [-0.2, 0) is 27.9 Å². The first kappa shape index (κ1) is 22.4. The Hall–Kier alpha value is -2.84. The van der Waals surface area contributed by atoms with E-state index in [1.165, 1.54) is 0 Å². The van der Waals surface area contributed by atoms with Crippen LogP contribution in [0.15, 0.2) is 59.6 Å². The Balaban J connectivity index is 1.43. The lowest BCUT2D eigenvalue weighted by Gasteiger charge is -2.20. The number of hydrogen-bond acceptors (Lipinski definition) is 4. The van der Waals surface area contributed by atoms with E-state index in [2.05, 4.69) is 5.32 Å². The largest absolute Gasteiger partial charge is 0.497 e. The van der Waals surface area contributed by atoms with Crippen LogP contribution < -0.4 is 10.1 Å². The summed E-state index contributed by atoms with van der Waals surface area (Å²) in [6.07, 6.45) is 5.79. The predicted molar refractivity (Wildman–Crippen MR) is 124 cm³/mol. The van der Waals surface area contributed by atoms with E-state index in [4.69, 9.17) is 4.74 Å². The van der Waals surface area contributed by atoms with Crippen molar-refractivity contribution in [2.45, 2.75) is 43.7 Å². The molecule has 0 radical (unpaired) electrons. The van der Waals surface area contributed by atoms with Gasteiger partial charge < -0.3 is 14.6 Å². The maximum atomic E-state index is 13.1. The van der Waals surface area contributed by atoms with Crippen LogP contribution in [0, 0.1) is 0 Å². The van der Waals surface area contributed by atoms with Crippen molar-refractivity contribution in [1.82, 2.24) is 14.2 Å². The molecule has 0 spiro atoms. The molecule has 1 fully saturated rings. The van der Waals surface area contributed by atoms with Gasteiger partial charge in [0.15, 0.2) is 0 Å². The number of hydrogen-bond donors (Lipinski definition) is 1. The fourth-order valence-corrected chi connectivity index (χ4v) is 5.62. The number of benzene rings is 2. The van der Waals surface area contributed by atoms with Gasteiger partial charge in [-0.2, -0.15) is 4.31 Å². The van der Waals surface area contributed by atoms with E-state index in [1.54, 1.807) is 29.6 Å². The zero-order valence-corrected chi connectivity index (χ0v) is 19.1. The van der Waals surface area contributed by atoms with Gasteiger partial charge in [0, 0.05) is 36.7 Å². The summed E-state index contributed by atoms with van der Waals surface area (Å²) in [6.45, 7) is 1.75. The molecule has 0 bridgehead atoms. The topological polar surface area (TPSA) is 80.6 Å². The number of sulfonamides is 1. The second-order valence-corrected chi connectivity index (χ2v) is 10.0. The lowest BCUT2D eigenvalue weighted by Crippen LogP contribution is -2.31. The molecule has 1 aliphatic heterocycles. The maximum absolute atomic E-state index is 13.1. The summed E-state index contributed by atoms with van der Waals surface area (Å²) in [5.41, 5.74) is 1.82. The summed E-state index contributed by atoms with van der Waals surface area (Å²) in [5.74, 6) is 0.663. The molecule has 1 saturated heterocycles. The normalized spacial score (nSPS) is 15.4. The molecule has 2 aromatic carbocycles. The number of rotatable bonds is 7. The van der Waals surface area contributed by atoms with Crippen molar-refractivity contribution < 1.29 is 17.9 Å². The number of ether oxygens (including phenoxy) is 1. The Morgan fingerprint density at radius 3 is 2.41 bits per heavy atom. The first-order chi connectivity index (χ1) is 15.5. The van der Waals surface area contributed by atoms with Crippen molar-refractivity contribution in [3.63, 3.8) is 0 Å². The first-order valence-corrected chi connectivity index (χ1v) is 12.4. The second kappa shape index (κ2) is 9.75. The minimum Gasteiger partial charge on any atom is -0.497 e. The quantitative estimate of drug-likeness (QED) is 0.591. The highest BCUT2D eigenvalue weighted by atomic mass is 32.2. The van der Waals surface area contributed by atoms with Gasteiger partial charge in [-0.05, 0) is 54.8 Å². The van der Waals surface area contributed by atoms with Crippen LogP contribution in [0.5, 0.6) is 5.75 Å². The van der Waals surface area contributed by atoms with Crippen molar-refractivity contribution in [2.24, 2.45) is 0 Å². The monoisotopic (exact) mass is 455 g/mol. The van der Waals surface area contributed by atoms with Crippen molar-refractivity contribution in [3.05, 3.63) is 60.3 Å². The van der Waals surface area contributed by atoms with Gasteiger partial charge in [0.05, 0.1) is 12.0 Å². The Morgan fingerprint density at radius 2 is 1.72 bits per heavy atom. The number of fused-ring (bicyclic) bond motifs is 1. The van der Waals surface area contributed by atoms with Crippen LogP contribution in [0.2, 0.25) is 0 Å². The Morgan fingerprint density at radius 1 is 1.00 bits per heavy atom. The minimum absolute atomic E-state index is 0.111. The molecule has 1 amide bonds. The summed E-state index contributed by atoms with van der Waals surface area (Å²) in [6, 6.07) is 14.5. The SMILES string of the molecule is COc1ccc(CNC(=O)Cn2ccc3cc(S(=O)(=O)N4CCCCCC4)ccc32)cc1. The molecule has 1 aromatic heterocycles. The van der Waals surface area contributed by atoms with Crippen molar-refractivity contribution in [1.29, 1.82) is 0 Å². The highest BCUT2D eigenvalue weighted by Gasteiger charge is 2.25. The zero-order chi connectivity index (χ0) is 22.6. The standard InChI is InChI=1S/C24H29N3O4S/c1-31-21-8-6-19(7-9-21)17-25-24(28)18-26-15-12-20-16-22(10-11-23(20)26)32(29,30)27-13-4-2-3-5-14-27/h6-12,15-16H,2-5,13-14,17-18H2,1H3,(H,25,28). The van der Waals surface area contributed by atoms with Gasteiger partial charge in [0.2, 0.25) is 15.9 Å². The molecule has 0 atom stereocenters. The summed E-state index contributed by atoms with van der Waals surface area (Å²) in [5, 5.41) is 3.73. The fraction of sp³-hybridized carbons (Fsp3) is 0.375. The molecule has 0 saturated carbocycles. The molecule has 4 rings (SSSR count). The second-order valence-electron chi connectivity index (χ2n) is 8.11. The molecule has 2 heterocycles. The van der Waals surface area contributed by atoms with E-state index in [0.717, 1.165) is 47.9 Å². The molecular weight excluding hydrogens is 426 g/mol. The number of aromatic nitrogens is 1. The van der Waals surface area contributed by atoms with Gasteiger partial charge in [-0.15, -0.1) is 0 Å². The number of amides is 1. The summed E-state index contributed by atoms with van der Waals surface area (Å²) < 4.78 is 34.7. The summed E-state index contributed by atoms with van der Waals surface area (Å²) in [7, 11) is -1.88. The third-order valence-electron chi connectivity index (χ3n) is 5.91. The van der Waals surface area contributed by atoms with Gasteiger partial charge in [-0.25, -0.2) is 8.42 Å². The third-order valence-corrected chi connectivity index (χ3v) is 7.80. The van der Waals surface area contributed by atoms with E-state index in [-0.39, 0.29) is 12.5 Å². The van der Waals surface area contributed by atoms with Crippen molar-refractivity contribution in [3.8, 4) is 5.75 Å². The average Bonchev–Trinajstić information content (AvgIpc) is 3.00.